The lowest BCUT2D eigenvalue weighted by atomic mass is 9.79. The van der Waals surface area contributed by atoms with Gasteiger partial charge in [0.15, 0.2) is 0 Å². The first-order chi connectivity index (χ1) is 8.10. The fourth-order valence-corrected chi connectivity index (χ4v) is 2.97. The van der Waals surface area contributed by atoms with Crippen molar-refractivity contribution in [2.45, 2.75) is 32.2 Å². The number of benzene rings is 1. The Balaban J connectivity index is 2.43. The Kier molecular flexibility index (Phi) is 3.64. The van der Waals surface area contributed by atoms with Crippen molar-refractivity contribution in [1.82, 2.24) is 5.32 Å². The van der Waals surface area contributed by atoms with Gasteiger partial charge in [0.1, 0.15) is 5.75 Å². The van der Waals surface area contributed by atoms with E-state index in [0.717, 1.165) is 12.3 Å². The smallest absolute Gasteiger partial charge is 0.137 e. The van der Waals surface area contributed by atoms with Crippen LogP contribution in [-0.2, 0) is 5.54 Å². The molecule has 2 nitrogen and oxygen atoms in total. The predicted octanol–water partition coefficient (Wildman–Crippen LogP) is 3.58. The number of nitrogens with one attached hydrogen (secondary N) is 1. The van der Waals surface area contributed by atoms with Crippen molar-refractivity contribution >= 4 is 11.6 Å². The van der Waals surface area contributed by atoms with Gasteiger partial charge in [-0.15, -0.1) is 0 Å². The van der Waals surface area contributed by atoms with E-state index in [1.807, 2.05) is 6.07 Å². The topological polar surface area (TPSA) is 21.3 Å². The van der Waals surface area contributed by atoms with Crippen LogP contribution in [0.15, 0.2) is 18.2 Å². The second-order valence-electron chi connectivity index (χ2n) is 5.01. The molecule has 1 aromatic carbocycles. The molecule has 1 saturated heterocycles. The standard InChI is InChI=1S/C14H20ClNO/c1-10(2)14(7-4-8-16-14)11-5-6-12(15)13(9-11)17-3/h5-6,9-10,16H,4,7-8H2,1-3H3. The summed E-state index contributed by atoms with van der Waals surface area (Å²) in [6.07, 6.45) is 2.40. The van der Waals surface area contributed by atoms with Gasteiger partial charge in [-0.2, -0.15) is 0 Å². The van der Waals surface area contributed by atoms with Gasteiger partial charge in [-0.05, 0) is 43.0 Å². The summed E-state index contributed by atoms with van der Waals surface area (Å²) in [6, 6.07) is 6.11. The summed E-state index contributed by atoms with van der Waals surface area (Å²) in [7, 11) is 1.66. The van der Waals surface area contributed by atoms with E-state index in [9.17, 15) is 0 Å². The van der Waals surface area contributed by atoms with Gasteiger partial charge in [0.05, 0.1) is 12.1 Å². The van der Waals surface area contributed by atoms with Gasteiger partial charge in [0, 0.05) is 5.54 Å². The number of halogens is 1. The van der Waals surface area contributed by atoms with E-state index < -0.39 is 0 Å². The minimum absolute atomic E-state index is 0.0812. The quantitative estimate of drug-likeness (QED) is 0.889. The predicted molar refractivity (Wildman–Crippen MR) is 71.8 cm³/mol. The van der Waals surface area contributed by atoms with Crippen LogP contribution in [0.25, 0.3) is 0 Å². The Morgan fingerprint density at radius 2 is 2.18 bits per heavy atom. The summed E-state index contributed by atoms with van der Waals surface area (Å²) >= 11 is 6.08. The van der Waals surface area contributed by atoms with Crippen LogP contribution in [0.4, 0.5) is 0 Å². The zero-order valence-corrected chi connectivity index (χ0v) is 11.5. The summed E-state index contributed by atoms with van der Waals surface area (Å²) in [5.74, 6) is 1.31. The van der Waals surface area contributed by atoms with E-state index in [1.54, 1.807) is 7.11 Å². The first-order valence-corrected chi connectivity index (χ1v) is 6.57. The average Bonchev–Trinajstić information content (AvgIpc) is 2.80. The highest BCUT2D eigenvalue weighted by Crippen LogP contribution is 2.40. The fraction of sp³-hybridized carbons (Fsp3) is 0.571. The monoisotopic (exact) mass is 253 g/mol. The molecule has 1 aromatic rings. The van der Waals surface area contributed by atoms with Gasteiger partial charge in [-0.1, -0.05) is 31.5 Å². The molecule has 3 heteroatoms. The van der Waals surface area contributed by atoms with Gasteiger partial charge in [-0.3, -0.25) is 0 Å². The van der Waals surface area contributed by atoms with Crippen molar-refractivity contribution < 1.29 is 4.74 Å². The third kappa shape index (κ3) is 2.16. The molecule has 0 spiro atoms. The second-order valence-corrected chi connectivity index (χ2v) is 5.41. The molecule has 94 valence electrons. The molecule has 0 aromatic heterocycles. The van der Waals surface area contributed by atoms with Crippen LogP contribution in [0.1, 0.15) is 32.3 Å². The molecule has 1 N–H and O–H groups in total. The average molecular weight is 254 g/mol. The van der Waals surface area contributed by atoms with Crippen LogP contribution in [0, 0.1) is 5.92 Å². The molecule has 1 atom stereocenters. The molecule has 0 aliphatic carbocycles. The van der Waals surface area contributed by atoms with Crippen LogP contribution in [0.3, 0.4) is 0 Å². The van der Waals surface area contributed by atoms with E-state index in [4.69, 9.17) is 16.3 Å². The SMILES string of the molecule is COc1cc(C2(C(C)C)CCCN2)ccc1Cl. The van der Waals surface area contributed by atoms with Crippen LogP contribution in [-0.4, -0.2) is 13.7 Å². The van der Waals surface area contributed by atoms with Crippen molar-refractivity contribution in [2.75, 3.05) is 13.7 Å². The Labute approximate surface area is 108 Å². The summed E-state index contributed by atoms with van der Waals surface area (Å²) in [5, 5.41) is 4.33. The van der Waals surface area contributed by atoms with Crippen molar-refractivity contribution in [3.63, 3.8) is 0 Å². The van der Waals surface area contributed by atoms with Crippen molar-refractivity contribution in [3.05, 3.63) is 28.8 Å². The molecule has 1 aliphatic rings. The highest BCUT2D eigenvalue weighted by atomic mass is 35.5. The molecule has 1 heterocycles. The summed E-state index contributed by atoms with van der Waals surface area (Å²) in [4.78, 5) is 0. The zero-order valence-electron chi connectivity index (χ0n) is 10.7. The van der Waals surface area contributed by atoms with Gasteiger partial charge in [-0.25, -0.2) is 0 Å². The van der Waals surface area contributed by atoms with Crippen LogP contribution >= 0.6 is 11.6 Å². The zero-order chi connectivity index (χ0) is 12.5. The summed E-state index contributed by atoms with van der Waals surface area (Å²) in [5.41, 5.74) is 1.36. The fourth-order valence-electron chi connectivity index (χ4n) is 2.78. The Morgan fingerprint density at radius 1 is 1.41 bits per heavy atom. The third-order valence-electron chi connectivity index (χ3n) is 3.84. The number of hydrogen-bond donors (Lipinski definition) is 1. The van der Waals surface area contributed by atoms with Gasteiger partial charge in [0.25, 0.3) is 0 Å². The Bertz CT molecular complexity index is 397. The normalized spacial score (nSPS) is 24.3. The molecule has 2 rings (SSSR count). The van der Waals surface area contributed by atoms with Gasteiger partial charge in [0.2, 0.25) is 0 Å². The molecular formula is C14H20ClNO. The Hall–Kier alpha value is -0.730. The van der Waals surface area contributed by atoms with Crippen molar-refractivity contribution in [2.24, 2.45) is 5.92 Å². The molecule has 0 saturated carbocycles. The number of hydrogen-bond acceptors (Lipinski definition) is 2. The molecule has 1 fully saturated rings. The molecule has 17 heavy (non-hydrogen) atoms. The van der Waals surface area contributed by atoms with Crippen LogP contribution < -0.4 is 10.1 Å². The minimum Gasteiger partial charge on any atom is -0.495 e. The molecule has 0 amide bonds. The lowest BCUT2D eigenvalue weighted by molar-refractivity contribution is 0.276. The minimum atomic E-state index is 0.0812. The maximum absolute atomic E-state index is 6.08. The highest BCUT2D eigenvalue weighted by molar-refractivity contribution is 6.32. The molecule has 0 radical (unpaired) electrons. The first kappa shape index (κ1) is 12.7. The number of methoxy groups -OCH3 is 1. The van der Waals surface area contributed by atoms with E-state index in [2.05, 4.69) is 31.3 Å². The van der Waals surface area contributed by atoms with E-state index in [0.29, 0.717) is 10.9 Å². The number of rotatable bonds is 3. The molecule has 1 aliphatic heterocycles. The second kappa shape index (κ2) is 4.87. The van der Waals surface area contributed by atoms with Crippen LogP contribution in [0.5, 0.6) is 5.75 Å². The van der Waals surface area contributed by atoms with E-state index in [-0.39, 0.29) is 5.54 Å². The van der Waals surface area contributed by atoms with Gasteiger partial charge < -0.3 is 10.1 Å². The first-order valence-electron chi connectivity index (χ1n) is 6.19. The maximum Gasteiger partial charge on any atom is 0.137 e. The van der Waals surface area contributed by atoms with E-state index >= 15 is 0 Å². The largest absolute Gasteiger partial charge is 0.495 e. The molecule has 0 bridgehead atoms. The van der Waals surface area contributed by atoms with Crippen LogP contribution in [0.2, 0.25) is 5.02 Å². The van der Waals surface area contributed by atoms with Crippen molar-refractivity contribution in [1.29, 1.82) is 0 Å². The molecular weight excluding hydrogens is 234 g/mol. The lowest BCUT2D eigenvalue weighted by Crippen LogP contribution is -2.41. The molecule has 1 unspecified atom stereocenters. The number of ether oxygens (including phenoxy) is 1. The maximum atomic E-state index is 6.08. The third-order valence-corrected chi connectivity index (χ3v) is 4.15. The van der Waals surface area contributed by atoms with Gasteiger partial charge >= 0.3 is 0 Å². The Morgan fingerprint density at radius 3 is 2.71 bits per heavy atom. The summed E-state index contributed by atoms with van der Waals surface area (Å²) in [6.45, 7) is 5.61. The van der Waals surface area contributed by atoms with E-state index in [1.165, 1.54) is 18.4 Å². The summed E-state index contributed by atoms with van der Waals surface area (Å²) < 4.78 is 5.31. The lowest BCUT2D eigenvalue weighted by Gasteiger charge is -2.35. The highest BCUT2D eigenvalue weighted by Gasteiger charge is 2.38. The van der Waals surface area contributed by atoms with Crippen molar-refractivity contribution in [3.8, 4) is 5.75 Å².